The molecule has 1 aromatic heterocycles. The Bertz CT molecular complexity index is 797. The number of hydrogen-bond donors (Lipinski definition) is 1. The highest BCUT2D eigenvalue weighted by Gasteiger charge is 2.22. The Balaban J connectivity index is 1.63. The Kier molecular flexibility index (Phi) is 6.80. The number of aromatic nitrogens is 3. The number of carbonyl (C=O) groups excluding carboxylic acids is 1. The fourth-order valence-electron chi connectivity index (χ4n) is 3.86. The van der Waals surface area contributed by atoms with Crippen molar-refractivity contribution < 1.29 is 9.53 Å². The van der Waals surface area contributed by atoms with E-state index in [1.54, 1.807) is 7.11 Å². The first kappa shape index (κ1) is 20.5. The number of methoxy groups -OCH3 is 1. The molecule has 7 heteroatoms. The van der Waals surface area contributed by atoms with E-state index in [1.807, 2.05) is 6.92 Å². The minimum Gasteiger partial charge on any atom is -0.384 e. The second-order valence-corrected chi connectivity index (χ2v) is 7.68. The van der Waals surface area contributed by atoms with Crippen molar-refractivity contribution in [2.75, 3.05) is 26.8 Å². The Labute approximate surface area is 167 Å². The molecule has 1 N–H and O–H groups in total. The molecule has 1 aliphatic heterocycles. The third kappa shape index (κ3) is 5.17. The average Bonchev–Trinajstić information content (AvgIpc) is 2.94. The number of fused-ring (bicyclic) bond motifs is 1. The van der Waals surface area contributed by atoms with Gasteiger partial charge in [0.25, 0.3) is 0 Å². The van der Waals surface area contributed by atoms with Crippen LogP contribution in [0.15, 0.2) is 18.2 Å². The molecule has 0 fully saturated rings. The number of nitrogens with one attached hydrogen (secondary N) is 1. The van der Waals surface area contributed by atoms with Crippen molar-refractivity contribution in [3.63, 3.8) is 0 Å². The maximum Gasteiger partial charge on any atom is 0.222 e. The van der Waals surface area contributed by atoms with Gasteiger partial charge in [-0.3, -0.25) is 9.69 Å². The Morgan fingerprint density at radius 2 is 1.93 bits per heavy atom. The molecule has 0 saturated carbocycles. The summed E-state index contributed by atoms with van der Waals surface area (Å²) in [7, 11) is 1.60. The molecule has 2 aromatic rings. The molecule has 7 nitrogen and oxygen atoms in total. The summed E-state index contributed by atoms with van der Waals surface area (Å²) in [6.07, 6.45) is 1.22. The van der Waals surface area contributed by atoms with Crippen LogP contribution in [0.4, 0.5) is 0 Å². The number of nitrogens with zero attached hydrogens (tertiary/aromatic N) is 4. The largest absolute Gasteiger partial charge is 0.384 e. The molecule has 3 rings (SSSR count). The van der Waals surface area contributed by atoms with E-state index in [4.69, 9.17) is 4.74 Å². The van der Waals surface area contributed by atoms with E-state index < -0.39 is 0 Å². The summed E-state index contributed by atoms with van der Waals surface area (Å²) >= 11 is 0. The van der Waals surface area contributed by atoms with Crippen LogP contribution in [0.1, 0.15) is 47.7 Å². The van der Waals surface area contributed by atoms with Gasteiger partial charge in [0.1, 0.15) is 5.82 Å². The number of hydrogen-bond acceptors (Lipinski definition) is 5. The Morgan fingerprint density at radius 3 is 2.64 bits per heavy atom. The molecule has 152 valence electrons. The molecule has 2 heterocycles. The summed E-state index contributed by atoms with van der Waals surface area (Å²) in [6, 6.07) is 6.57. The topological polar surface area (TPSA) is 72.3 Å². The Hall–Kier alpha value is -2.25. The fourth-order valence-corrected chi connectivity index (χ4v) is 3.86. The summed E-state index contributed by atoms with van der Waals surface area (Å²) in [4.78, 5) is 14.5. The molecule has 0 unspecified atom stereocenters. The number of aryl methyl sites for hydroxylation is 2. The van der Waals surface area contributed by atoms with Gasteiger partial charge in [0, 0.05) is 46.1 Å². The summed E-state index contributed by atoms with van der Waals surface area (Å²) < 4.78 is 7.14. The van der Waals surface area contributed by atoms with Gasteiger partial charge in [-0.1, -0.05) is 29.3 Å². The van der Waals surface area contributed by atoms with Crippen LogP contribution in [0.5, 0.6) is 0 Å². The maximum absolute atomic E-state index is 12.0. The number of ether oxygens (including phenoxy) is 1. The van der Waals surface area contributed by atoms with E-state index >= 15 is 0 Å². The predicted molar refractivity (Wildman–Crippen MR) is 108 cm³/mol. The summed E-state index contributed by atoms with van der Waals surface area (Å²) in [5.41, 5.74) is 3.97. The average molecular weight is 386 g/mol. The first-order chi connectivity index (χ1) is 13.5. The van der Waals surface area contributed by atoms with Crippen molar-refractivity contribution in [1.82, 2.24) is 25.0 Å². The lowest BCUT2D eigenvalue weighted by Crippen LogP contribution is -2.30. The third-order valence-electron chi connectivity index (χ3n) is 5.13. The van der Waals surface area contributed by atoms with Gasteiger partial charge >= 0.3 is 0 Å². The second kappa shape index (κ2) is 9.30. The number of benzene rings is 1. The van der Waals surface area contributed by atoms with Gasteiger partial charge in [-0.2, -0.15) is 0 Å². The van der Waals surface area contributed by atoms with Crippen LogP contribution >= 0.6 is 0 Å². The SMILES string of the molecule is COCCC(=O)N[C@@H](C)c1nnc2n1CCN(Cc1cc(C)cc(C)c1)CC2. The van der Waals surface area contributed by atoms with Gasteiger partial charge < -0.3 is 14.6 Å². The van der Waals surface area contributed by atoms with Crippen molar-refractivity contribution in [2.24, 2.45) is 0 Å². The van der Waals surface area contributed by atoms with E-state index in [1.165, 1.54) is 16.7 Å². The zero-order chi connectivity index (χ0) is 20.1. The van der Waals surface area contributed by atoms with E-state index in [9.17, 15) is 4.79 Å². The highest BCUT2D eigenvalue weighted by Crippen LogP contribution is 2.18. The van der Waals surface area contributed by atoms with E-state index in [2.05, 4.69) is 57.0 Å². The van der Waals surface area contributed by atoms with Crippen LogP contribution in [0.3, 0.4) is 0 Å². The first-order valence-electron chi connectivity index (χ1n) is 9.96. The van der Waals surface area contributed by atoms with Crippen molar-refractivity contribution in [3.8, 4) is 0 Å². The molecule has 0 spiro atoms. The standard InChI is InChI=1S/C21H31N5O2/c1-15-11-16(2)13-18(12-15)14-25-7-5-19-23-24-21(26(19)9-8-25)17(3)22-20(27)6-10-28-4/h11-13,17H,5-10,14H2,1-4H3,(H,22,27)/t17-/m0/s1. The van der Waals surface area contributed by atoms with Gasteiger partial charge in [0.15, 0.2) is 5.82 Å². The molecule has 1 atom stereocenters. The number of amides is 1. The van der Waals surface area contributed by atoms with Crippen LogP contribution in [0.2, 0.25) is 0 Å². The summed E-state index contributed by atoms with van der Waals surface area (Å²) in [5.74, 6) is 1.79. The molecule has 0 saturated heterocycles. The number of rotatable bonds is 7. The molecule has 0 radical (unpaired) electrons. The lowest BCUT2D eigenvalue weighted by atomic mass is 10.1. The fraction of sp³-hybridized carbons (Fsp3) is 0.571. The smallest absolute Gasteiger partial charge is 0.222 e. The molecule has 1 aliphatic rings. The highest BCUT2D eigenvalue weighted by atomic mass is 16.5. The monoisotopic (exact) mass is 385 g/mol. The van der Waals surface area contributed by atoms with E-state index in [-0.39, 0.29) is 11.9 Å². The van der Waals surface area contributed by atoms with E-state index in [0.29, 0.717) is 13.0 Å². The van der Waals surface area contributed by atoms with Crippen molar-refractivity contribution in [2.45, 2.75) is 52.7 Å². The lowest BCUT2D eigenvalue weighted by Gasteiger charge is -2.20. The van der Waals surface area contributed by atoms with Crippen LogP contribution in [-0.4, -0.2) is 52.4 Å². The zero-order valence-electron chi connectivity index (χ0n) is 17.4. The minimum absolute atomic E-state index is 0.0308. The van der Waals surface area contributed by atoms with Crippen LogP contribution in [0.25, 0.3) is 0 Å². The van der Waals surface area contributed by atoms with Crippen molar-refractivity contribution in [3.05, 3.63) is 46.5 Å². The van der Waals surface area contributed by atoms with Crippen molar-refractivity contribution >= 4 is 5.91 Å². The summed E-state index contributed by atoms with van der Waals surface area (Å²) in [6.45, 7) is 10.4. The van der Waals surface area contributed by atoms with Crippen LogP contribution in [-0.2, 0) is 29.0 Å². The predicted octanol–water partition coefficient (Wildman–Crippen LogP) is 2.17. The maximum atomic E-state index is 12.0. The Morgan fingerprint density at radius 1 is 1.18 bits per heavy atom. The zero-order valence-corrected chi connectivity index (χ0v) is 17.4. The molecular weight excluding hydrogens is 354 g/mol. The molecule has 0 bridgehead atoms. The van der Waals surface area contributed by atoms with Gasteiger partial charge in [0.2, 0.25) is 5.91 Å². The van der Waals surface area contributed by atoms with Crippen LogP contribution < -0.4 is 5.32 Å². The van der Waals surface area contributed by atoms with Crippen LogP contribution in [0, 0.1) is 13.8 Å². The minimum atomic E-state index is -0.170. The summed E-state index contributed by atoms with van der Waals surface area (Å²) in [5, 5.41) is 11.7. The van der Waals surface area contributed by atoms with Gasteiger partial charge in [-0.15, -0.1) is 10.2 Å². The van der Waals surface area contributed by atoms with Gasteiger partial charge in [-0.05, 0) is 26.3 Å². The lowest BCUT2D eigenvalue weighted by molar-refractivity contribution is -0.122. The quantitative estimate of drug-likeness (QED) is 0.791. The molecular formula is C21H31N5O2. The highest BCUT2D eigenvalue weighted by molar-refractivity contribution is 5.76. The van der Waals surface area contributed by atoms with E-state index in [0.717, 1.165) is 44.2 Å². The molecule has 28 heavy (non-hydrogen) atoms. The number of carbonyl (C=O) groups is 1. The van der Waals surface area contributed by atoms with Gasteiger partial charge in [-0.25, -0.2) is 0 Å². The molecule has 1 amide bonds. The normalized spacial score (nSPS) is 15.7. The first-order valence-corrected chi connectivity index (χ1v) is 9.96. The molecule has 1 aromatic carbocycles. The second-order valence-electron chi connectivity index (χ2n) is 7.68. The molecule has 0 aliphatic carbocycles. The third-order valence-corrected chi connectivity index (χ3v) is 5.13. The van der Waals surface area contributed by atoms with Crippen molar-refractivity contribution in [1.29, 1.82) is 0 Å². The van der Waals surface area contributed by atoms with Gasteiger partial charge in [0.05, 0.1) is 12.6 Å².